The van der Waals surface area contributed by atoms with Crippen molar-refractivity contribution < 1.29 is 14.3 Å². The number of aryl methyl sites for hydroxylation is 1. The fourth-order valence-electron chi connectivity index (χ4n) is 2.76. The predicted molar refractivity (Wildman–Crippen MR) is 118 cm³/mol. The third-order valence-corrected chi connectivity index (χ3v) is 7.22. The third-order valence-electron chi connectivity index (χ3n) is 4.27. The molecule has 0 saturated carbocycles. The highest BCUT2D eigenvalue weighted by Crippen LogP contribution is 2.33. The monoisotopic (exact) mass is 450 g/mol. The molecule has 0 saturated heterocycles. The Labute approximate surface area is 181 Å². The van der Waals surface area contributed by atoms with E-state index in [1.54, 1.807) is 11.3 Å². The van der Waals surface area contributed by atoms with Crippen LogP contribution in [0.15, 0.2) is 22.7 Å². The molecule has 0 aliphatic rings. The average molecular weight is 451 g/mol. The Balaban J connectivity index is 1.72. The minimum Gasteiger partial charge on any atom is -0.465 e. The van der Waals surface area contributed by atoms with Crippen molar-refractivity contribution >= 4 is 51.3 Å². The van der Waals surface area contributed by atoms with E-state index in [0.29, 0.717) is 15.7 Å². The minimum atomic E-state index is -0.446. The molecule has 3 aromatic rings. The first kappa shape index (κ1) is 21.5. The maximum absolute atomic E-state index is 12.5. The van der Waals surface area contributed by atoms with Crippen molar-refractivity contribution in [1.82, 2.24) is 14.8 Å². The predicted octanol–water partition coefficient (Wildman–Crippen LogP) is 4.61. The van der Waals surface area contributed by atoms with Crippen LogP contribution in [0, 0.1) is 13.8 Å². The van der Waals surface area contributed by atoms with Crippen molar-refractivity contribution in [3.05, 3.63) is 33.5 Å². The van der Waals surface area contributed by atoms with Crippen LogP contribution < -0.4 is 5.32 Å². The number of hydrogen-bond acceptors (Lipinski definition) is 8. The maximum Gasteiger partial charge on any atom is 0.341 e. The van der Waals surface area contributed by atoms with Gasteiger partial charge in [0.05, 0.1) is 23.3 Å². The number of anilines is 1. The molecule has 3 rings (SSSR count). The topological polar surface area (TPSA) is 86.1 Å². The number of rotatable bonds is 8. The molecule has 10 heteroatoms. The van der Waals surface area contributed by atoms with Gasteiger partial charge in [-0.3, -0.25) is 4.79 Å². The first-order valence-electron chi connectivity index (χ1n) is 9.04. The van der Waals surface area contributed by atoms with Gasteiger partial charge in [-0.1, -0.05) is 24.8 Å². The lowest BCUT2D eigenvalue weighted by Crippen LogP contribution is -2.16. The standard InChI is InChI=1S/C19H22N4O3S3/c1-5-8-23-16(13-7-6-9-27-13)21-22-19(23)28-10-14(24)20-17-15(18(25)26-4)11(2)12(3)29-17/h6-7,9H,5,8,10H2,1-4H3,(H,20,24). The number of thiophene rings is 2. The molecule has 1 amide bonds. The largest absolute Gasteiger partial charge is 0.465 e. The zero-order valence-corrected chi connectivity index (χ0v) is 19.1. The van der Waals surface area contributed by atoms with Crippen LogP contribution in [0.2, 0.25) is 0 Å². The highest BCUT2D eigenvalue weighted by atomic mass is 32.2. The second-order valence-corrected chi connectivity index (χ2v) is 9.37. The molecule has 0 fully saturated rings. The summed E-state index contributed by atoms with van der Waals surface area (Å²) in [6.07, 6.45) is 0.937. The Morgan fingerprint density at radius 2 is 2.10 bits per heavy atom. The lowest BCUT2D eigenvalue weighted by molar-refractivity contribution is -0.113. The number of carbonyl (C=O) groups excluding carboxylic acids is 2. The van der Waals surface area contributed by atoms with E-state index < -0.39 is 5.97 Å². The first-order chi connectivity index (χ1) is 14.0. The van der Waals surface area contributed by atoms with Crippen molar-refractivity contribution in [2.24, 2.45) is 0 Å². The summed E-state index contributed by atoms with van der Waals surface area (Å²) in [6, 6.07) is 3.99. The molecule has 3 aromatic heterocycles. The normalized spacial score (nSPS) is 10.9. The zero-order chi connectivity index (χ0) is 21.0. The Morgan fingerprint density at radius 3 is 2.76 bits per heavy atom. The molecule has 3 heterocycles. The van der Waals surface area contributed by atoms with Gasteiger partial charge < -0.3 is 14.6 Å². The van der Waals surface area contributed by atoms with Crippen LogP contribution in [0.25, 0.3) is 10.7 Å². The Morgan fingerprint density at radius 1 is 1.31 bits per heavy atom. The van der Waals surface area contributed by atoms with E-state index in [9.17, 15) is 9.59 Å². The summed E-state index contributed by atoms with van der Waals surface area (Å²) < 4.78 is 6.90. The molecule has 0 aliphatic heterocycles. The van der Waals surface area contributed by atoms with Gasteiger partial charge in [-0.25, -0.2) is 4.79 Å². The van der Waals surface area contributed by atoms with Crippen LogP contribution in [0.4, 0.5) is 5.00 Å². The van der Waals surface area contributed by atoms with Gasteiger partial charge in [0, 0.05) is 11.4 Å². The van der Waals surface area contributed by atoms with Crippen LogP contribution in [0.3, 0.4) is 0 Å². The number of aromatic nitrogens is 3. The van der Waals surface area contributed by atoms with Gasteiger partial charge in [0.15, 0.2) is 11.0 Å². The van der Waals surface area contributed by atoms with Gasteiger partial charge in [-0.2, -0.15) is 0 Å². The molecule has 7 nitrogen and oxygen atoms in total. The second kappa shape index (κ2) is 9.55. The summed E-state index contributed by atoms with van der Waals surface area (Å²) in [5.41, 5.74) is 1.25. The first-order valence-corrected chi connectivity index (χ1v) is 11.7. The summed E-state index contributed by atoms with van der Waals surface area (Å²) in [5, 5.41) is 14.7. The van der Waals surface area contributed by atoms with E-state index in [4.69, 9.17) is 4.74 Å². The summed E-state index contributed by atoms with van der Waals surface area (Å²) in [7, 11) is 1.34. The van der Waals surface area contributed by atoms with Crippen LogP contribution in [0.5, 0.6) is 0 Å². The summed E-state index contributed by atoms with van der Waals surface area (Å²) >= 11 is 4.32. The van der Waals surface area contributed by atoms with Crippen molar-refractivity contribution in [2.45, 2.75) is 38.9 Å². The van der Waals surface area contributed by atoms with E-state index >= 15 is 0 Å². The Kier molecular flexibility index (Phi) is 7.09. The molecular formula is C19H22N4O3S3. The fraction of sp³-hybridized carbons (Fsp3) is 0.368. The number of methoxy groups -OCH3 is 1. The van der Waals surface area contributed by atoms with Crippen molar-refractivity contribution in [2.75, 3.05) is 18.2 Å². The van der Waals surface area contributed by atoms with Gasteiger partial charge in [0.2, 0.25) is 5.91 Å². The minimum absolute atomic E-state index is 0.170. The van der Waals surface area contributed by atoms with E-state index in [-0.39, 0.29) is 11.7 Å². The Bertz CT molecular complexity index is 1010. The molecule has 0 aromatic carbocycles. The highest BCUT2D eigenvalue weighted by molar-refractivity contribution is 7.99. The molecule has 0 radical (unpaired) electrons. The van der Waals surface area contributed by atoms with Gasteiger partial charge in [0.1, 0.15) is 5.00 Å². The third kappa shape index (κ3) is 4.71. The molecule has 0 atom stereocenters. The molecule has 154 valence electrons. The number of hydrogen-bond donors (Lipinski definition) is 1. The van der Waals surface area contributed by atoms with Gasteiger partial charge >= 0.3 is 5.97 Å². The van der Waals surface area contributed by atoms with E-state index in [1.807, 2.05) is 35.9 Å². The fourth-order valence-corrected chi connectivity index (χ4v) is 5.31. The van der Waals surface area contributed by atoms with Crippen LogP contribution >= 0.6 is 34.4 Å². The lowest BCUT2D eigenvalue weighted by Gasteiger charge is -2.08. The zero-order valence-electron chi connectivity index (χ0n) is 16.6. The van der Waals surface area contributed by atoms with Crippen molar-refractivity contribution in [3.63, 3.8) is 0 Å². The van der Waals surface area contributed by atoms with Gasteiger partial charge in [-0.05, 0) is 37.3 Å². The second-order valence-electron chi connectivity index (χ2n) is 6.25. The number of ether oxygens (including phenoxy) is 1. The Hall–Kier alpha value is -2.17. The van der Waals surface area contributed by atoms with E-state index in [0.717, 1.165) is 34.1 Å². The van der Waals surface area contributed by atoms with Crippen LogP contribution in [-0.2, 0) is 16.1 Å². The lowest BCUT2D eigenvalue weighted by atomic mass is 10.1. The van der Waals surface area contributed by atoms with Gasteiger partial charge in [0.25, 0.3) is 0 Å². The molecule has 29 heavy (non-hydrogen) atoms. The number of nitrogens with one attached hydrogen (secondary N) is 1. The summed E-state index contributed by atoms with van der Waals surface area (Å²) in [6.45, 7) is 6.63. The number of carbonyl (C=O) groups is 2. The van der Waals surface area contributed by atoms with Crippen molar-refractivity contribution in [3.8, 4) is 10.7 Å². The molecule has 0 bridgehead atoms. The molecule has 0 unspecified atom stereocenters. The molecule has 0 spiro atoms. The van der Waals surface area contributed by atoms with E-state index in [1.165, 1.54) is 30.2 Å². The quantitative estimate of drug-likeness (QED) is 0.398. The number of amides is 1. The number of thioether (sulfide) groups is 1. The molecular weight excluding hydrogens is 428 g/mol. The van der Waals surface area contributed by atoms with Crippen molar-refractivity contribution in [1.29, 1.82) is 0 Å². The highest BCUT2D eigenvalue weighted by Gasteiger charge is 2.22. The van der Waals surface area contributed by atoms with Crippen LogP contribution in [-0.4, -0.2) is 39.5 Å². The summed E-state index contributed by atoms with van der Waals surface area (Å²) in [4.78, 5) is 26.6. The summed E-state index contributed by atoms with van der Waals surface area (Å²) in [5.74, 6) is 0.341. The maximum atomic E-state index is 12.5. The number of nitrogens with zero attached hydrogens (tertiary/aromatic N) is 3. The smallest absolute Gasteiger partial charge is 0.341 e. The molecule has 0 aliphatic carbocycles. The SMILES string of the molecule is CCCn1c(SCC(=O)Nc2sc(C)c(C)c2C(=O)OC)nnc1-c1cccs1. The van der Waals surface area contributed by atoms with Crippen LogP contribution in [0.1, 0.15) is 34.1 Å². The van der Waals surface area contributed by atoms with Gasteiger partial charge in [-0.15, -0.1) is 32.9 Å². The molecule has 1 N–H and O–H groups in total. The van der Waals surface area contributed by atoms with E-state index in [2.05, 4.69) is 22.4 Å². The average Bonchev–Trinajstić information content (AvgIpc) is 3.41. The number of esters is 1.